The average Bonchev–Trinajstić information content (AvgIpc) is 3.72. The number of aromatic nitrogens is 4. The molecule has 0 radical (unpaired) electrons. The van der Waals surface area contributed by atoms with Crippen LogP contribution in [-0.2, 0) is 22.4 Å². The number of halogens is 2. The normalized spacial score (nSPS) is 27.0. The van der Waals surface area contributed by atoms with Crippen molar-refractivity contribution in [2.75, 3.05) is 12.4 Å². The second kappa shape index (κ2) is 10.4. The highest BCUT2D eigenvalue weighted by Crippen LogP contribution is 2.75. The smallest absolute Gasteiger partial charge is 0.164 e. The molecule has 2 bridgehead atoms. The highest BCUT2D eigenvalue weighted by Gasteiger charge is 2.81. The molecule has 4 fully saturated rings. The predicted octanol–water partition coefficient (Wildman–Crippen LogP) is 8.12. The molecular formula is C35H35BrClN5O3. The summed E-state index contributed by atoms with van der Waals surface area (Å²) in [6.07, 6.45) is 6.47. The van der Waals surface area contributed by atoms with Gasteiger partial charge in [-0.25, -0.2) is 15.0 Å². The van der Waals surface area contributed by atoms with Crippen LogP contribution in [0.2, 0.25) is 5.15 Å². The van der Waals surface area contributed by atoms with Gasteiger partial charge in [0.1, 0.15) is 34.3 Å². The summed E-state index contributed by atoms with van der Waals surface area (Å²) >= 11 is 10.1. The maximum atomic E-state index is 6.77. The zero-order valence-electron chi connectivity index (χ0n) is 25.7. The van der Waals surface area contributed by atoms with Gasteiger partial charge < -0.3 is 24.1 Å². The fourth-order valence-corrected chi connectivity index (χ4v) is 8.95. The molecule has 1 saturated heterocycles. The van der Waals surface area contributed by atoms with Gasteiger partial charge in [-0.15, -0.1) is 0 Å². The molecule has 4 heterocycles. The summed E-state index contributed by atoms with van der Waals surface area (Å²) in [5.74, 6) is 1.39. The van der Waals surface area contributed by atoms with E-state index in [-0.39, 0.29) is 23.2 Å². The lowest BCUT2D eigenvalue weighted by atomic mass is 9.57. The maximum absolute atomic E-state index is 6.77. The van der Waals surface area contributed by atoms with Crippen molar-refractivity contribution in [2.24, 2.45) is 11.3 Å². The van der Waals surface area contributed by atoms with Crippen molar-refractivity contribution in [2.45, 2.75) is 70.1 Å². The van der Waals surface area contributed by atoms with Crippen molar-refractivity contribution >= 4 is 55.3 Å². The molecule has 4 aliphatic rings. The fraction of sp³-hybridized carbons (Fsp3) is 0.400. The second-order valence-electron chi connectivity index (χ2n) is 13.4. The molecule has 3 saturated carbocycles. The Morgan fingerprint density at radius 2 is 1.91 bits per heavy atom. The Kier molecular flexibility index (Phi) is 6.74. The Balaban J connectivity index is 1.05. The highest BCUT2D eigenvalue weighted by molar-refractivity contribution is 9.10. The maximum Gasteiger partial charge on any atom is 0.164 e. The van der Waals surface area contributed by atoms with E-state index in [1.165, 1.54) is 11.9 Å². The largest absolute Gasteiger partial charge is 0.497 e. The number of hydrogen-bond donors (Lipinski definition) is 1. The molecule has 1 aliphatic heterocycles. The summed E-state index contributed by atoms with van der Waals surface area (Å²) in [5.41, 5.74) is 3.84. The molecular weight excluding hydrogens is 654 g/mol. The van der Waals surface area contributed by atoms with E-state index in [2.05, 4.69) is 85.3 Å². The third kappa shape index (κ3) is 4.57. The second-order valence-corrected chi connectivity index (χ2v) is 14.6. The molecule has 9 rings (SSSR count). The number of fused-ring (bicyclic) bond motifs is 3. The lowest BCUT2D eigenvalue weighted by molar-refractivity contribution is -0.165. The molecule has 5 atom stereocenters. The van der Waals surface area contributed by atoms with Gasteiger partial charge >= 0.3 is 0 Å². The lowest BCUT2D eigenvalue weighted by Gasteiger charge is -2.52. The number of hydrogen-bond acceptors (Lipinski definition) is 7. The van der Waals surface area contributed by atoms with Crippen LogP contribution in [0.1, 0.15) is 50.8 Å². The minimum absolute atomic E-state index is 0.0121. The molecule has 8 nitrogen and oxygen atoms in total. The van der Waals surface area contributed by atoms with Crippen LogP contribution in [-0.4, -0.2) is 44.1 Å². The SMILES string of the molecule is COc1ccc(CNc2nc3cc(CC(C)[C@]45C[C@@H](n6ccc7c(Cl)ncnc76)[C@@]6(C4)OC(C)(C)O[C@H]56)ccc3cc2Br)cc1. The van der Waals surface area contributed by atoms with E-state index in [1.807, 2.05) is 32.0 Å². The van der Waals surface area contributed by atoms with Crippen LogP contribution in [0.4, 0.5) is 5.82 Å². The van der Waals surface area contributed by atoms with Crippen LogP contribution >= 0.6 is 27.5 Å². The van der Waals surface area contributed by atoms with E-state index >= 15 is 0 Å². The molecule has 3 aromatic heterocycles. The number of nitrogens with one attached hydrogen (secondary N) is 1. The van der Waals surface area contributed by atoms with Crippen molar-refractivity contribution in [1.29, 1.82) is 0 Å². The van der Waals surface area contributed by atoms with E-state index in [4.69, 9.17) is 30.8 Å². The third-order valence-corrected chi connectivity index (χ3v) is 11.2. The minimum Gasteiger partial charge on any atom is -0.497 e. The van der Waals surface area contributed by atoms with Gasteiger partial charge in [0.25, 0.3) is 0 Å². The molecule has 2 aromatic carbocycles. The zero-order valence-corrected chi connectivity index (χ0v) is 28.0. The van der Waals surface area contributed by atoms with Crippen molar-refractivity contribution < 1.29 is 14.2 Å². The summed E-state index contributed by atoms with van der Waals surface area (Å²) in [6.45, 7) is 7.10. The Labute approximate surface area is 275 Å². The predicted molar refractivity (Wildman–Crippen MR) is 179 cm³/mol. The van der Waals surface area contributed by atoms with Crippen molar-refractivity contribution in [3.63, 3.8) is 0 Å². The minimum atomic E-state index is -0.643. The number of methoxy groups -OCH3 is 1. The summed E-state index contributed by atoms with van der Waals surface area (Å²) in [6, 6.07) is 19.0. The first kappa shape index (κ1) is 29.2. The Hall–Kier alpha value is -3.24. The van der Waals surface area contributed by atoms with Gasteiger partial charge in [-0.2, -0.15) is 0 Å². The summed E-state index contributed by atoms with van der Waals surface area (Å²) < 4.78 is 21.9. The first-order chi connectivity index (χ1) is 21.6. The summed E-state index contributed by atoms with van der Waals surface area (Å²) in [7, 11) is 1.68. The van der Waals surface area contributed by atoms with Gasteiger partial charge in [0.15, 0.2) is 5.79 Å². The molecule has 10 heteroatoms. The molecule has 232 valence electrons. The Bertz CT molecular complexity index is 1950. The fourth-order valence-electron chi connectivity index (χ4n) is 8.28. The van der Waals surface area contributed by atoms with Gasteiger partial charge in [-0.1, -0.05) is 42.8 Å². The molecule has 0 amide bonds. The average molecular weight is 689 g/mol. The van der Waals surface area contributed by atoms with E-state index in [1.54, 1.807) is 7.11 Å². The van der Waals surface area contributed by atoms with Crippen LogP contribution in [0, 0.1) is 11.3 Å². The third-order valence-electron chi connectivity index (χ3n) is 10.3. The number of rotatable bonds is 8. The molecule has 3 aliphatic carbocycles. The zero-order chi connectivity index (χ0) is 31.1. The molecule has 1 unspecified atom stereocenters. The summed E-state index contributed by atoms with van der Waals surface area (Å²) in [4.78, 5) is 13.8. The van der Waals surface area contributed by atoms with Gasteiger partial charge in [-0.05, 0) is 96.4 Å². The molecule has 5 aromatic rings. The first-order valence-electron chi connectivity index (χ1n) is 15.4. The quantitative estimate of drug-likeness (QED) is 0.165. The van der Waals surface area contributed by atoms with E-state index in [0.717, 1.165) is 62.8 Å². The van der Waals surface area contributed by atoms with Gasteiger partial charge in [0, 0.05) is 23.5 Å². The van der Waals surface area contributed by atoms with E-state index < -0.39 is 5.79 Å². The summed E-state index contributed by atoms with van der Waals surface area (Å²) in [5, 5.41) is 5.93. The number of ether oxygens (including phenoxy) is 3. The van der Waals surface area contributed by atoms with Crippen molar-refractivity contribution in [3.05, 3.63) is 87.9 Å². The van der Waals surface area contributed by atoms with Gasteiger partial charge in [-0.3, -0.25) is 0 Å². The topological polar surface area (TPSA) is 83.3 Å². The van der Waals surface area contributed by atoms with E-state index in [0.29, 0.717) is 17.6 Å². The highest BCUT2D eigenvalue weighted by atomic mass is 79.9. The van der Waals surface area contributed by atoms with Gasteiger partial charge in [0.05, 0.1) is 34.6 Å². The Morgan fingerprint density at radius 1 is 1.11 bits per heavy atom. The van der Waals surface area contributed by atoms with E-state index in [9.17, 15) is 0 Å². The number of anilines is 1. The standard InChI is InChI=1S/C35H35BrClN5O3/c1-20(13-22-5-8-23-15-26(36)30(41-27(23)14-22)38-17-21-6-9-24(43-4)10-7-21)34-16-28(35(18-34)32(34)44-33(2,3)45-35)42-12-11-25-29(37)39-19-40-31(25)42/h5-12,14-15,19-20,28,32H,13,16-18H2,1-4H3,(H,38,41)/t20?,28-,32-,34+,35-/m1/s1. The van der Waals surface area contributed by atoms with Crippen LogP contribution in [0.3, 0.4) is 0 Å². The Morgan fingerprint density at radius 3 is 2.71 bits per heavy atom. The number of pyridine rings is 1. The molecule has 1 spiro atoms. The molecule has 1 N–H and O–H groups in total. The van der Waals surface area contributed by atoms with Crippen molar-refractivity contribution in [3.8, 4) is 5.75 Å². The number of nitrogens with zero attached hydrogens (tertiary/aromatic N) is 4. The monoisotopic (exact) mass is 687 g/mol. The lowest BCUT2D eigenvalue weighted by Crippen LogP contribution is -2.60. The van der Waals surface area contributed by atoms with Crippen LogP contribution in [0.25, 0.3) is 21.9 Å². The van der Waals surface area contributed by atoms with Gasteiger partial charge in [0.2, 0.25) is 0 Å². The molecule has 45 heavy (non-hydrogen) atoms. The number of benzene rings is 2. The van der Waals surface area contributed by atoms with Crippen LogP contribution in [0.5, 0.6) is 5.75 Å². The van der Waals surface area contributed by atoms with Crippen LogP contribution in [0.15, 0.2) is 71.6 Å². The first-order valence-corrected chi connectivity index (χ1v) is 16.6. The van der Waals surface area contributed by atoms with Crippen LogP contribution < -0.4 is 10.1 Å². The van der Waals surface area contributed by atoms with Crippen molar-refractivity contribution in [1.82, 2.24) is 19.5 Å².